The number of halogens is 1. The molecule has 19 heavy (non-hydrogen) atoms. The van der Waals surface area contributed by atoms with Crippen LogP contribution in [0.3, 0.4) is 0 Å². The largest absolute Gasteiger partial charge is 0.478 e. The van der Waals surface area contributed by atoms with Crippen LogP contribution in [0.1, 0.15) is 16.1 Å². The summed E-state index contributed by atoms with van der Waals surface area (Å²) in [4.78, 5) is 16.3. The van der Waals surface area contributed by atoms with E-state index in [2.05, 4.69) is 20.9 Å². The van der Waals surface area contributed by atoms with E-state index < -0.39 is 5.97 Å². The molecule has 0 fully saturated rings. The third-order valence-electron chi connectivity index (χ3n) is 2.27. The highest BCUT2D eigenvalue weighted by molar-refractivity contribution is 9.10. The summed E-state index contributed by atoms with van der Waals surface area (Å²) in [6.07, 6.45) is 1.53. The second-order valence-electron chi connectivity index (χ2n) is 3.51. The maximum atomic E-state index is 11.2. The normalized spacial score (nSPS) is 9.89. The van der Waals surface area contributed by atoms with Crippen molar-refractivity contribution in [3.8, 4) is 6.07 Å². The molecule has 2 aromatic rings. The zero-order valence-corrected chi connectivity index (χ0v) is 11.9. The SMILES string of the molecule is N#Cc1ncccc1Sc1cc(Br)ccc1C(=O)O. The number of carbonyl (C=O) groups is 1. The average molecular weight is 335 g/mol. The highest BCUT2D eigenvalue weighted by Crippen LogP contribution is 2.33. The van der Waals surface area contributed by atoms with Gasteiger partial charge in [-0.15, -0.1) is 0 Å². The summed E-state index contributed by atoms with van der Waals surface area (Å²) in [6, 6.07) is 10.3. The van der Waals surface area contributed by atoms with E-state index in [1.54, 1.807) is 24.3 Å². The van der Waals surface area contributed by atoms with Crippen LogP contribution in [0.15, 0.2) is 50.8 Å². The van der Waals surface area contributed by atoms with Gasteiger partial charge in [-0.25, -0.2) is 9.78 Å². The number of hydrogen-bond donors (Lipinski definition) is 1. The van der Waals surface area contributed by atoms with Gasteiger partial charge in [-0.05, 0) is 30.3 Å². The third-order valence-corrected chi connectivity index (χ3v) is 3.87. The first-order valence-electron chi connectivity index (χ1n) is 5.17. The van der Waals surface area contributed by atoms with Gasteiger partial charge in [0.1, 0.15) is 6.07 Å². The molecule has 0 aliphatic heterocycles. The van der Waals surface area contributed by atoms with Crippen molar-refractivity contribution in [2.75, 3.05) is 0 Å². The Bertz CT molecular complexity index is 683. The number of aromatic nitrogens is 1. The summed E-state index contributed by atoms with van der Waals surface area (Å²) >= 11 is 4.52. The molecule has 0 aliphatic rings. The molecule has 0 bridgehead atoms. The lowest BCUT2D eigenvalue weighted by Crippen LogP contribution is -1.98. The summed E-state index contributed by atoms with van der Waals surface area (Å²) in [5, 5.41) is 18.1. The molecule has 0 amide bonds. The van der Waals surface area contributed by atoms with Gasteiger partial charge >= 0.3 is 5.97 Å². The molecular formula is C13H7BrN2O2S. The predicted molar refractivity (Wildman–Crippen MR) is 74.2 cm³/mol. The molecule has 0 saturated heterocycles. The maximum absolute atomic E-state index is 11.2. The summed E-state index contributed by atoms with van der Waals surface area (Å²) in [7, 11) is 0. The van der Waals surface area contributed by atoms with E-state index in [-0.39, 0.29) is 11.3 Å². The Labute approximate surface area is 122 Å². The Morgan fingerprint density at radius 2 is 2.16 bits per heavy atom. The molecule has 1 aromatic heterocycles. The van der Waals surface area contributed by atoms with E-state index in [0.29, 0.717) is 9.79 Å². The fourth-order valence-electron chi connectivity index (χ4n) is 1.43. The molecule has 0 saturated carbocycles. The Hall–Kier alpha value is -1.84. The minimum atomic E-state index is -1.00. The summed E-state index contributed by atoms with van der Waals surface area (Å²) in [5.41, 5.74) is 0.477. The number of nitriles is 1. The quantitative estimate of drug-likeness (QED) is 0.928. The first-order chi connectivity index (χ1) is 9.11. The molecule has 1 N–H and O–H groups in total. The lowest BCUT2D eigenvalue weighted by atomic mass is 10.2. The van der Waals surface area contributed by atoms with Crippen LogP contribution in [0, 0.1) is 11.3 Å². The van der Waals surface area contributed by atoms with Gasteiger partial charge in [-0.2, -0.15) is 5.26 Å². The van der Waals surface area contributed by atoms with Crippen LogP contribution >= 0.6 is 27.7 Å². The molecule has 0 atom stereocenters. The second-order valence-corrected chi connectivity index (χ2v) is 5.51. The average Bonchev–Trinajstić information content (AvgIpc) is 2.39. The van der Waals surface area contributed by atoms with Crippen LogP contribution in [0.2, 0.25) is 0 Å². The third kappa shape index (κ3) is 3.13. The number of rotatable bonds is 3. The van der Waals surface area contributed by atoms with E-state index in [0.717, 1.165) is 4.47 Å². The van der Waals surface area contributed by atoms with Crippen LogP contribution in [0.25, 0.3) is 0 Å². The Morgan fingerprint density at radius 3 is 2.84 bits per heavy atom. The number of benzene rings is 1. The van der Waals surface area contributed by atoms with E-state index in [1.165, 1.54) is 24.0 Å². The van der Waals surface area contributed by atoms with Gasteiger partial charge in [-0.1, -0.05) is 27.7 Å². The van der Waals surface area contributed by atoms with Crippen molar-refractivity contribution in [1.82, 2.24) is 4.98 Å². The van der Waals surface area contributed by atoms with E-state index in [9.17, 15) is 4.79 Å². The number of nitrogens with zero attached hydrogens (tertiary/aromatic N) is 2. The molecular weight excluding hydrogens is 328 g/mol. The molecule has 2 rings (SSSR count). The van der Waals surface area contributed by atoms with Crippen molar-refractivity contribution in [3.63, 3.8) is 0 Å². The van der Waals surface area contributed by atoms with Gasteiger partial charge in [0, 0.05) is 20.5 Å². The van der Waals surface area contributed by atoms with Crippen LogP contribution < -0.4 is 0 Å². The monoisotopic (exact) mass is 334 g/mol. The molecule has 4 nitrogen and oxygen atoms in total. The van der Waals surface area contributed by atoms with Crippen molar-refractivity contribution < 1.29 is 9.90 Å². The van der Waals surface area contributed by atoms with Crippen LogP contribution in [0.4, 0.5) is 0 Å². The summed E-state index contributed by atoms with van der Waals surface area (Å²) < 4.78 is 0.780. The summed E-state index contributed by atoms with van der Waals surface area (Å²) in [6.45, 7) is 0. The predicted octanol–water partition coefficient (Wildman–Crippen LogP) is 3.57. The van der Waals surface area contributed by atoms with Crippen molar-refractivity contribution in [2.45, 2.75) is 9.79 Å². The molecule has 0 spiro atoms. The minimum Gasteiger partial charge on any atom is -0.478 e. The van der Waals surface area contributed by atoms with Gasteiger partial charge in [0.05, 0.1) is 5.56 Å². The lowest BCUT2D eigenvalue weighted by molar-refractivity contribution is 0.0693. The topological polar surface area (TPSA) is 74.0 Å². The first kappa shape index (κ1) is 13.6. The van der Waals surface area contributed by atoms with Gasteiger partial charge < -0.3 is 5.11 Å². The second kappa shape index (κ2) is 5.87. The molecule has 1 aromatic carbocycles. The van der Waals surface area contributed by atoms with E-state index in [4.69, 9.17) is 10.4 Å². The maximum Gasteiger partial charge on any atom is 0.336 e. The van der Waals surface area contributed by atoms with Crippen LogP contribution in [-0.2, 0) is 0 Å². The highest BCUT2D eigenvalue weighted by Gasteiger charge is 2.13. The highest BCUT2D eigenvalue weighted by atomic mass is 79.9. The molecule has 0 unspecified atom stereocenters. The Balaban J connectivity index is 2.46. The molecule has 1 heterocycles. The Morgan fingerprint density at radius 1 is 1.37 bits per heavy atom. The molecule has 0 aliphatic carbocycles. The van der Waals surface area contributed by atoms with Crippen molar-refractivity contribution in [2.24, 2.45) is 0 Å². The fourth-order valence-corrected chi connectivity index (χ4v) is 2.98. The van der Waals surface area contributed by atoms with Crippen LogP contribution in [0.5, 0.6) is 0 Å². The fraction of sp³-hybridized carbons (Fsp3) is 0. The number of pyridine rings is 1. The molecule has 6 heteroatoms. The van der Waals surface area contributed by atoms with Crippen molar-refractivity contribution in [1.29, 1.82) is 5.26 Å². The number of carboxylic acid groups (broad SMARTS) is 1. The molecule has 94 valence electrons. The Kier molecular flexibility index (Phi) is 4.20. The van der Waals surface area contributed by atoms with Gasteiger partial charge in [-0.3, -0.25) is 0 Å². The van der Waals surface area contributed by atoms with Gasteiger partial charge in [0.2, 0.25) is 0 Å². The van der Waals surface area contributed by atoms with Gasteiger partial charge in [0.25, 0.3) is 0 Å². The smallest absolute Gasteiger partial charge is 0.336 e. The first-order valence-corrected chi connectivity index (χ1v) is 6.78. The zero-order valence-electron chi connectivity index (χ0n) is 9.50. The van der Waals surface area contributed by atoms with Crippen LogP contribution in [-0.4, -0.2) is 16.1 Å². The minimum absolute atomic E-state index is 0.195. The van der Waals surface area contributed by atoms with Gasteiger partial charge in [0.15, 0.2) is 5.69 Å². The summed E-state index contributed by atoms with van der Waals surface area (Å²) in [5.74, 6) is -1.00. The number of hydrogen-bond acceptors (Lipinski definition) is 4. The van der Waals surface area contributed by atoms with Crippen molar-refractivity contribution >= 4 is 33.7 Å². The lowest BCUT2D eigenvalue weighted by Gasteiger charge is -2.07. The zero-order chi connectivity index (χ0) is 13.8. The van der Waals surface area contributed by atoms with E-state index >= 15 is 0 Å². The van der Waals surface area contributed by atoms with Crippen molar-refractivity contribution in [3.05, 3.63) is 52.3 Å². The molecule has 0 radical (unpaired) electrons. The van der Waals surface area contributed by atoms with E-state index in [1.807, 2.05) is 6.07 Å². The number of carboxylic acids is 1. The standard InChI is InChI=1S/C13H7BrN2O2S/c14-8-3-4-9(13(17)18)12(6-8)19-11-2-1-5-16-10(11)7-15/h1-6H,(H,17,18). The number of aromatic carboxylic acids is 1.